The van der Waals surface area contributed by atoms with Crippen LogP contribution in [0.25, 0.3) is 11.3 Å². The fourth-order valence-electron chi connectivity index (χ4n) is 1.82. The van der Waals surface area contributed by atoms with Crippen molar-refractivity contribution in [2.75, 3.05) is 13.7 Å². The van der Waals surface area contributed by atoms with Gasteiger partial charge in [0.25, 0.3) is 5.91 Å². The van der Waals surface area contributed by atoms with Gasteiger partial charge in [0.15, 0.2) is 5.76 Å². The van der Waals surface area contributed by atoms with Gasteiger partial charge in [0.1, 0.15) is 11.6 Å². The highest BCUT2D eigenvalue weighted by Gasteiger charge is 2.14. The number of furan rings is 1. The Morgan fingerprint density at radius 1 is 1.30 bits per heavy atom. The zero-order chi connectivity index (χ0) is 14.5. The molecule has 1 heterocycles. The summed E-state index contributed by atoms with van der Waals surface area (Å²) in [5, 5.41) is 2.75. The van der Waals surface area contributed by atoms with E-state index in [1.54, 1.807) is 31.4 Å². The summed E-state index contributed by atoms with van der Waals surface area (Å²) in [7, 11) is 1.57. The molecule has 4 nitrogen and oxygen atoms in total. The predicted octanol–water partition coefficient (Wildman–Crippen LogP) is 2.85. The van der Waals surface area contributed by atoms with Crippen LogP contribution in [0.4, 0.5) is 4.39 Å². The fraction of sp³-hybridized carbons (Fsp3) is 0.267. The Morgan fingerprint density at radius 3 is 2.65 bits per heavy atom. The molecule has 1 N–H and O–H groups in total. The summed E-state index contributed by atoms with van der Waals surface area (Å²) in [5.74, 6) is 0.122. The summed E-state index contributed by atoms with van der Waals surface area (Å²) in [6, 6.07) is 9.06. The quantitative estimate of drug-likeness (QED) is 0.914. The summed E-state index contributed by atoms with van der Waals surface area (Å²) in [4.78, 5) is 11.9. The van der Waals surface area contributed by atoms with E-state index in [2.05, 4.69) is 5.32 Å². The Balaban J connectivity index is 2.08. The van der Waals surface area contributed by atoms with Crippen molar-refractivity contribution in [2.24, 2.45) is 0 Å². The van der Waals surface area contributed by atoms with Gasteiger partial charge in [0.2, 0.25) is 0 Å². The minimum absolute atomic E-state index is 0.105. The number of hydrogen-bond donors (Lipinski definition) is 1. The number of benzene rings is 1. The molecule has 0 radical (unpaired) electrons. The fourth-order valence-corrected chi connectivity index (χ4v) is 1.82. The molecule has 0 saturated heterocycles. The maximum Gasteiger partial charge on any atom is 0.287 e. The molecule has 1 aromatic carbocycles. The van der Waals surface area contributed by atoms with E-state index >= 15 is 0 Å². The first-order chi connectivity index (χ1) is 9.60. The number of carbonyl (C=O) groups is 1. The van der Waals surface area contributed by atoms with Crippen LogP contribution < -0.4 is 5.32 Å². The van der Waals surface area contributed by atoms with E-state index in [-0.39, 0.29) is 23.5 Å². The van der Waals surface area contributed by atoms with Gasteiger partial charge >= 0.3 is 0 Å². The highest BCUT2D eigenvalue weighted by atomic mass is 19.1. The summed E-state index contributed by atoms with van der Waals surface area (Å²) in [5.41, 5.74) is 0.718. The maximum atomic E-state index is 12.8. The minimum atomic E-state index is -0.313. The molecule has 0 saturated carbocycles. The lowest BCUT2D eigenvalue weighted by Gasteiger charge is -2.11. The van der Waals surface area contributed by atoms with E-state index in [0.717, 1.165) is 5.56 Å². The second kappa shape index (κ2) is 6.34. The normalized spacial score (nSPS) is 12.2. The van der Waals surface area contributed by atoms with Gasteiger partial charge in [0, 0.05) is 18.7 Å². The van der Waals surface area contributed by atoms with E-state index in [1.807, 2.05) is 6.92 Å². The largest absolute Gasteiger partial charge is 0.451 e. The van der Waals surface area contributed by atoms with Crippen LogP contribution in [0, 0.1) is 5.82 Å². The molecule has 2 aromatic rings. The molecule has 106 valence electrons. The SMILES string of the molecule is COC[C@@H](C)NC(=O)c1ccc(-c2ccc(F)cc2)o1. The van der Waals surface area contributed by atoms with Crippen LogP contribution in [0.2, 0.25) is 0 Å². The van der Waals surface area contributed by atoms with Crippen molar-refractivity contribution in [3.63, 3.8) is 0 Å². The van der Waals surface area contributed by atoms with Crippen molar-refractivity contribution in [1.29, 1.82) is 0 Å². The first-order valence-electron chi connectivity index (χ1n) is 6.25. The molecule has 20 heavy (non-hydrogen) atoms. The number of nitrogens with one attached hydrogen (secondary N) is 1. The number of methoxy groups -OCH3 is 1. The van der Waals surface area contributed by atoms with Crippen LogP contribution in [0.15, 0.2) is 40.8 Å². The van der Waals surface area contributed by atoms with Gasteiger partial charge in [-0.25, -0.2) is 4.39 Å². The number of carbonyl (C=O) groups excluding carboxylic acids is 1. The van der Waals surface area contributed by atoms with Gasteiger partial charge in [-0.3, -0.25) is 4.79 Å². The average molecular weight is 277 g/mol. The number of amides is 1. The molecule has 1 amide bonds. The van der Waals surface area contributed by atoms with Crippen LogP contribution in [0.3, 0.4) is 0 Å². The minimum Gasteiger partial charge on any atom is -0.451 e. The maximum absolute atomic E-state index is 12.8. The Labute approximate surface area is 116 Å². The second-order valence-corrected chi connectivity index (χ2v) is 4.50. The van der Waals surface area contributed by atoms with E-state index < -0.39 is 0 Å². The summed E-state index contributed by atoms with van der Waals surface area (Å²) < 4.78 is 23.3. The second-order valence-electron chi connectivity index (χ2n) is 4.50. The molecule has 1 atom stereocenters. The third-order valence-electron chi connectivity index (χ3n) is 2.75. The Hall–Kier alpha value is -2.14. The average Bonchev–Trinajstić information content (AvgIpc) is 2.89. The number of hydrogen-bond acceptors (Lipinski definition) is 3. The van der Waals surface area contributed by atoms with E-state index in [4.69, 9.17) is 9.15 Å². The van der Waals surface area contributed by atoms with Crippen molar-refractivity contribution in [2.45, 2.75) is 13.0 Å². The lowest BCUT2D eigenvalue weighted by molar-refractivity contribution is 0.0879. The molecule has 5 heteroatoms. The molecule has 0 aliphatic heterocycles. The molecule has 0 spiro atoms. The Bertz CT molecular complexity index is 577. The number of halogens is 1. The Morgan fingerprint density at radius 2 is 2.00 bits per heavy atom. The van der Waals surface area contributed by atoms with Crippen LogP contribution in [-0.2, 0) is 4.74 Å². The summed E-state index contributed by atoms with van der Waals surface area (Å²) >= 11 is 0. The van der Waals surface area contributed by atoms with Crippen molar-refractivity contribution in [3.8, 4) is 11.3 Å². The number of rotatable bonds is 5. The van der Waals surface area contributed by atoms with Crippen LogP contribution in [0.1, 0.15) is 17.5 Å². The van der Waals surface area contributed by atoms with Crippen LogP contribution in [0.5, 0.6) is 0 Å². The van der Waals surface area contributed by atoms with E-state index in [0.29, 0.717) is 12.4 Å². The Kier molecular flexibility index (Phi) is 4.53. The van der Waals surface area contributed by atoms with Crippen molar-refractivity contribution in [3.05, 3.63) is 48.0 Å². The highest BCUT2D eigenvalue weighted by molar-refractivity contribution is 5.92. The molecule has 0 aliphatic rings. The van der Waals surface area contributed by atoms with Crippen molar-refractivity contribution < 1.29 is 18.3 Å². The van der Waals surface area contributed by atoms with Crippen molar-refractivity contribution >= 4 is 5.91 Å². The van der Waals surface area contributed by atoms with E-state index in [1.165, 1.54) is 12.1 Å². The van der Waals surface area contributed by atoms with Gasteiger partial charge in [-0.1, -0.05) is 0 Å². The molecule has 0 aliphatic carbocycles. The topological polar surface area (TPSA) is 51.5 Å². The lowest BCUT2D eigenvalue weighted by atomic mass is 10.2. The predicted molar refractivity (Wildman–Crippen MR) is 72.9 cm³/mol. The van der Waals surface area contributed by atoms with Gasteiger partial charge in [-0.05, 0) is 43.3 Å². The van der Waals surface area contributed by atoms with Gasteiger partial charge < -0.3 is 14.5 Å². The molecular weight excluding hydrogens is 261 g/mol. The third-order valence-corrected chi connectivity index (χ3v) is 2.75. The summed E-state index contributed by atoms with van der Waals surface area (Å²) in [6.45, 7) is 2.27. The van der Waals surface area contributed by atoms with E-state index in [9.17, 15) is 9.18 Å². The van der Waals surface area contributed by atoms with Crippen LogP contribution >= 0.6 is 0 Å². The molecule has 2 rings (SSSR count). The van der Waals surface area contributed by atoms with Crippen molar-refractivity contribution in [1.82, 2.24) is 5.32 Å². The van der Waals surface area contributed by atoms with Gasteiger partial charge in [0.05, 0.1) is 6.61 Å². The molecule has 0 fully saturated rings. The lowest BCUT2D eigenvalue weighted by Crippen LogP contribution is -2.35. The molecule has 0 unspecified atom stereocenters. The molecule has 1 aromatic heterocycles. The van der Waals surface area contributed by atoms with Crippen LogP contribution in [-0.4, -0.2) is 25.7 Å². The summed E-state index contributed by atoms with van der Waals surface area (Å²) in [6.07, 6.45) is 0. The van der Waals surface area contributed by atoms with Gasteiger partial charge in [-0.2, -0.15) is 0 Å². The standard InChI is InChI=1S/C15H16FNO3/c1-10(9-19-2)17-15(18)14-8-7-13(20-14)11-3-5-12(16)6-4-11/h3-8,10H,9H2,1-2H3,(H,17,18)/t10-/m1/s1. The zero-order valence-corrected chi connectivity index (χ0v) is 11.4. The molecular formula is C15H16FNO3. The third kappa shape index (κ3) is 3.45. The smallest absolute Gasteiger partial charge is 0.287 e. The highest BCUT2D eigenvalue weighted by Crippen LogP contribution is 2.22. The molecule has 0 bridgehead atoms. The first kappa shape index (κ1) is 14.3. The first-order valence-corrected chi connectivity index (χ1v) is 6.25. The van der Waals surface area contributed by atoms with Gasteiger partial charge in [-0.15, -0.1) is 0 Å². The zero-order valence-electron chi connectivity index (χ0n) is 11.4. The number of ether oxygens (including phenoxy) is 1. The monoisotopic (exact) mass is 277 g/mol.